The predicted molar refractivity (Wildman–Crippen MR) is 52.4 cm³/mol. The predicted octanol–water partition coefficient (Wildman–Crippen LogP) is 2.21. The summed E-state index contributed by atoms with van der Waals surface area (Å²) in [5.41, 5.74) is 1.14. The molecule has 0 N–H and O–H groups in total. The third kappa shape index (κ3) is 2.53. The summed E-state index contributed by atoms with van der Waals surface area (Å²) in [6, 6.07) is 4.63. The molecule has 0 saturated heterocycles. The van der Waals surface area contributed by atoms with Gasteiger partial charge < -0.3 is 0 Å². The number of carbonyl (C=O) groups is 1. The summed E-state index contributed by atoms with van der Waals surface area (Å²) in [6.07, 6.45) is 0.0165. The van der Waals surface area contributed by atoms with Crippen LogP contribution in [-0.4, -0.2) is 10.2 Å². The van der Waals surface area contributed by atoms with Crippen LogP contribution in [0.5, 0.6) is 0 Å². The third-order valence-corrected chi connectivity index (χ3v) is 1.95. The number of rotatable bonds is 3. The van der Waals surface area contributed by atoms with Gasteiger partial charge in [0.25, 0.3) is 5.69 Å². The Kier molecular flexibility index (Phi) is 3.19. The van der Waals surface area contributed by atoms with Gasteiger partial charge >= 0.3 is 0 Å². The molecule has 0 amide bonds. The zero-order chi connectivity index (χ0) is 10.7. The second-order valence-corrected chi connectivity index (χ2v) is 3.33. The van der Waals surface area contributed by atoms with E-state index in [1.54, 1.807) is 19.1 Å². The molecule has 0 aromatic heterocycles. The van der Waals surface area contributed by atoms with E-state index in [4.69, 9.17) is 11.6 Å². The Morgan fingerprint density at radius 2 is 2.21 bits per heavy atom. The first-order valence-electron chi connectivity index (χ1n) is 3.93. The smallest absolute Gasteiger partial charge is 0.272 e. The molecule has 0 aliphatic carbocycles. The van der Waals surface area contributed by atoms with Crippen molar-refractivity contribution in [3.8, 4) is 0 Å². The maximum Gasteiger partial charge on any atom is 0.272 e. The molecule has 0 heterocycles. The maximum atomic E-state index is 10.6. The van der Waals surface area contributed by atoms with Gasteiger partial charge in [0.05, 0.1) is 4.92 Å². The summed E-state index contributed by atoms with van der Waals surface area (Å²) < 4.78 is 0. The van der Waals surface area contributed by atoms with E-state index >= 15 is 0 Å². The fourth-order valence-electron chi connectivity index (χ4n) is 1.12. The highest BCUT2D eigenvalue weighted by Gasteiger charge is 2.11. The van der Waals surface area contributed by atoms with Crippen LogP contribution in [0.15, 0.2) is 18.2 Å². The van der Waals surface area contributed by atoms with Crippen molar-refractivity contribution in [1.82, 2.24) is 0 Å². The number of nitro benzene ring substituents is 1. The fourth-order valence-corrected chi connectivity index (χ4v) is 1.28. The van der Waals surface area contributed by atoms with Crippen LogP contribution in [0.1, 0.15) is 11.1 Å². The summed E-state index contributed by atoms with van der Waals surface area (Å²) in [5, 5.41) is 10.0. The van der Waals surface area contributed by atoms with E-state index in [1.165, 1.54) is 6.07 Å². The zero-order valence-corrected chi connectivity index (χ0v) is 8.25. The number of hydrogen-bond donors (Lipinski definition) is 0. The molecule has 0 saturated carbocycles. The fraction of sp³-hybridized carbons (Fsp3) is 0.222. The number of nitro groups is 1. The highest BCUT2D eigenvalue weighted by atomic mass is 35.5. The van der Waals surface area contributed by atoms with Crippen molar-refractivity contribution in [2.75, 3.05) is 0 Å². The van der Waals surface area contributed by atoms with Crippen molar-refractivity contribution < 1.29 is 9.72 Å². The molecule has 74 valence electrons. The number of aryl methyl sites for hydroxylation is 1. The number of benzene rings is 1. The summed E-state index contributed by atoms with van der Waals surface area (Å²) in [4.78, 5) is 20.6. The number of halogens is 1. The van der Waals surface area contributed by atoms with Gasteiger partial charge in [-0.3, -0.25) is 14.9 Å². The molecule has 0 fully saturated rings. The standard InChI is InChI=1S/C9H8ClNO3/c1-6-2-3-7(5-9(10)12)4-8(6)11(13)14/h2-4H,5H2,1H3. The van der Waals surface area contributed by atoms with Gasteiger partial charge in [0.1, 0.15) is 0 Å². The molecule has 0 radical (unpaired) electrons. The summed E-state index contributed by atoms with van der Waals surface area (Å²) in [5.74, 6) is 0. The minimum atomic E-state index is -0.525. The first-order chi connectivity index (χ1) is 6.50. The molecule has 0 spiro atoms. The normalized spacial score (nSPS) is 9.86. The lowest BCUT2D eigenvalue weighted by Gasteiger charge is -1.99. The minimum absolute atomic E-state index is 0.0143. The van der Waals surface area contributed by atoms with Crippen LogP contribution in [0.25, 0.3) is 0 Å². The molecule has 1 rings (SSSR count). The van der Waals surface area contributed by atoms with Crippen molar-refractivity contribution in [1.29, 1.82) is 0 Å². The van der Waals surface area contributed by atoms with Gasteiger partial charge in [-0.1, -0.05) is 12.1 Å². The Bertz CT molecular complexity index is 390. The van der Waals surface area contributed by atoms with Gasteiger partial charge in [0, 0.05) is 18.1 Å². The molecule has 1 aromatic carbocycles. The molecule has 0 bridgehead atoms. The highest BCUT2D eigenvalue weighted by Crippen LogP contribution is 2.19. The topological polar surface area (TPSA) is 60.2 Å². The minimum Gasteiger partial charge on any atom is -0.281 e. The molecule has 5 heteroatoms. The Hall–Kier alpha value is -1.42. The van der Waals surface area contributed by atoms with Crippen LogP contribution in [0, 0.1) is 17.0 Å². The van der Waals surface area contributed by atoms with Gasteiger partial charge in [-0.05, 0) is 24.1 Å². The highest BCUT2D eigenvalue weighted by molar-refractivity contribution is 6.63. The number of hydrogen-bond acceptors (Lipinski definition) is 3. The zero-order valence-electron chi connectivity index (χ0n) is 7.49. The number of nitrogens with zero attached hydrogens (tertiary/aromatic N) is 1. The summed E-state index contributed by atoms with van der Waals surface area (Å²) >= 11 is 5.18. The third-order valence-electron chi connectivity index (χ3n) is 1.81. The van der Waals surface area contributed by atoms with Gasteiger partial charge in [-0.2, -0.15) is 0 Å². The lowest BCUT2D eigenvalue weighted by molar-refractivity contribution is -0.385. The Labute approximate surface area is 85.6 Å². The van der Waals surface area contributed by atoms with Crippen molar-refractivity contribution in [2.45, 2.75) is 13.3 Å². The van der Waals surface area contributed by atoms with Crippen LogP contribution in [-0.2, 0) is 11.2 Å². The van der Waals surface area contributed by atoms with E-state index < -0.39 is 10.2 Å². The van der Waals surface area contributed by atoms with Gasteiger partial charge in [-0.15, -0.1) is 0 Å². The molecule has 0 aliphatic rings. The van der Waals surface area contributed by atoms with Crippen molar-refractivity contribution in [3.63, 3.8) is 0 Å². The average molecular weight is 214 g/mol. The van der Waals surface area contributed by atoms with E-state index in [0.717, 1.165) is 0 Å². The molecule has 0 atom stereocenters. The van der Waals surface area contributed by atoms with Crippen molar-refractivity contribution in [3.05, 3.63) is 39.4 Å². The molecular formula is C9H8ClNO3. The SMILES string of the molecule is Cc1ccc(CC(=O)Cl)cc1[N+](=O)[O-]. The maximum absolute atomic E-state index is 10.6. The van der Waals surface area contributed by atoms with Crippen molar-refractivity contribution >= 4 is 22.5 Å². The monoisotopic (exact) mass is 213 g/mol. The molecule has 0 aliphatic heterocycles. The van der Waals surface area contributed by atoms with Crippen molar-refractivity contribution in [2.24, 2.45) is 0 Å². The first kappa shape index (κ1) is 10.7. The first-order valence-corrected chi connectivity index (χ1v) is 4.30. The van der Waals surface area contributed by atoms with E-state index in [1.807, 2.05) is 0 Å². The van der Waals surface area contributed by atoms with E-state index in [0.29, 0.717) is 11.1 Å². The van der Waals surface area contributed by atoms with Crippen LogP contribution in [0.3, 0.4) is 0 Å². The van der Waals surface area contributed by atoms with Crippen LogP contribution in [0.2, 0.25) is 0 Å². The summed E-state index contributed by atoms with van der Waals surface area (Å²) in [7, 11) is 0. The summed E-state index contributed by atoms with van der Waals surface area (Å²) in [6.45, 7) is 1.64. The Balaban J connectivity index is 3.06. The molecule has 0 unspecified atom stereocenters. The lowest BCUT2D eigenvalue weighted by Crippen LogP contribution is -1.97. The quantitative estimate of drug-likeness (QED) is 0.439. The van der Waals surface area contributed by atoms with Crippen LogP contribution >= 0.6 is 11.6 Å². The van der Waals surface area contributed by atoms with Gasteiger partial charge in [0.15, 0.2) is 0 Å². The van der Waals surface area contributed by atoms with E-state index in [9.17, 15) is 14.9 Å². The lowest BCUT2D eigenvalue weighted by atomic mass is 10.1. The molecule has 14 heavy (non-hydrogen) atoms. The van der Waals surface area contributed by atoms with Gasteiger partial charge in [-0.25, -0.2) is 0 Å². The second-order valence-electron chi connectivity index (χ2n) is 2.91. The van der Waals surface area contributed by atoms with E-state index in [2.05, 4.69) is 0 Å². The second kappa shape index (κ2) is 4.19. The van der Waals surface area contributed by atoms with Gasteiger partial charge in [0.2, 0.25) is 5.24 Å². The average Bonchev–Trinajstić information content (AvgIpc) is 2.07. The van der Waals surface area contributed by atoms with Crippen LogP contribution < -0.4 is 0 Å². The number of carbonyl (C=O) groups excluding carboxylic acids is 1. The largest absolute Gasteiger partial charge is 0.281 e. The molecular weight excluding hydrogens is 206 g/mol. The molecule has 1 aromatic rings. The molecule has 4 nitrogen and oxygen atoms in total. The Morgan fingerprint density at radius 1 is 1.57 bits per heavy atom. The van der Waals surface area contributed by atoms with Crippen LogP contribution in [0.4, 0.5) is 5.69 Å². The van der Waals surface area contributed by atoms with E-state index in [-0.39, 0.29) is 12.1 Å². The Morgan fingerprint density at radius 3 is 2.71 bits per heavy atom.